The van der Waals surface area contributed by atoms with E-state index in [9.17, 15) is 10.1 Å². The first-order chi connectivity index (χ1) is 12.0. The second-order valence-corrected chi connectivity index (χ2v) is 6.60. The van der Waals surface area contributed by atoms with E-state index in [0.717, 1.165) is 0 Å². The van der Waals surface area contributed by atoms with Crippen molar-refractivity contribution in [3.05, 3.63) is 50.5 Å². The van der Waals surface area contributed by atoms with Crippen LogP contribution in [0.4, 0.5) is 0 Å². The van der Waals surface area contributed by atoms with Gasteiger partial charge in [0, 0.05) is 18.4 Å². The summed E-state index contributed by atoms with van der Waals surface area (Å²) in [6.45, 7) is 2.24. The van der Waals surface area contributed by atoms with Gasteiger partial charge in [0.2, 0.25) is 5.88 Å². The molecule has 7 heteroatoms. The fraction of sp³-hybridized carbons (Fsp3) is 0.333. The lowest BCUT2D eigenvalue weighted by atomic mass is 9.77. The van der Waals surface area contributed by atoms with Gasteiger partial charge in [0.05, 0.1) is 22.6 Å². The molecular formula is C18H16Cl2N2O3. The highest BCUT2D eigenvalue weighted by atomic mass is 35.5. The Kier molecular flexibility index (Phi) is 4.94. The number of nitrogens with zero attached hydrogens (tertiary/aromatic N) is 1. The summed E-state index contributed by atoms with van der Waals surface area (Å²) in [4.78, 5) is 12.5. The third-order valence-electron chi connectivity index (χ3n) is 4.25. The number of ketones is 1. The number of Topliss-reactive ketones (excluding diaryl/α,β-unsaturated/α-hetero) is 1. The molecule has 0 fully saturated rings. The molecule has 1 heterocycles. The largest absolute Gasteiger partial charge is 0.491 e. The van der Waals surface area contributed by atoms with Gasteiger partial charge in [-0.3, -0.25) is 4.79 Å². The summed E-state index contributed by atoms with van der Waals surface area (Å²) in [5, 5.41) is 10.2. The van der Waals surface area contributed by atoms with E-state index in [0.29, 0.717) is 58.6 Å². The predicted octanol–water partition coefficient (Wildman–Crippen LogP) is 4.21. The fourth-order valence-electron chi connectivity index (χ4n) is 3.22. The van der Waals surface area contributed by atoms with E-state index in [1.54, 1.807) is 12.1 Å². The molecule has 3 rings (SSSR count). The fourth-order valence-corrected chi connectivity index (χ4v) is 3.83. The molecule has 1 aromatic carbocycles. The number of allylic oxidation sites excluding steroid dienone is 3. The van der Waals surface area contributed by atoms with E-state index in [-0.39, 0.29) is 17.2 Å². The Labute approximate surface area is 155 Å². The second kappa shape index (κ2) is 6.99. The van der Waals surface area contributed by atoms with Crippen LogP contribution < -0.4 is 10.5 Å². The predicted molar refractivity (Wildman–Crippen MR) is 94.2 cm³/mol. The molecule has 1 aliphatic carbocycles. The molecule has 0 bridgehead atoms. The summed E-state index contributed by atoms with van der Waals surface area (Å²) in [7, 11) is 0. The van der Waals surface area contributed by atoms with Crippen LogP contribution in [-0.4, -0.2) is 12.4 Å². The minimum Gasteiger partial charge on any atom is -0.491 e. The Morgan fingerprint density at radius 1 is 1.36 bits per heavy atom. The standard InChI is InChI=1S/C18H16Cl2N2O3/c1-2-24-17-11(19)6-9(7-12(17)20)15-10(8-21)18(22)25-14-5-3-4-13(23)16(14)15/h6-7,15H,2-5,22H2,1H3. The number of carbonyl (C=O) groups is 1. The Bertz CT molecular complexity index is 829. The van der Waals surface area contributed by atoms with Crippen molar-refractivity contribution < 1.29 is 14.3 Å². The minimum atomic E-state index is -0.632. The first-order valence-electron chi connectivity index (χ1n) is 7.93. The molecule has 1 aromatic rings. The molecule has 0 saturated carbocycles. The smallest absolute Gasteiger partial charge is 0.205 e. The van der Waals surface area contributed by atoms with Gasteiger partial charge in [-0.15, -0.1) is 0 Å². The van der Waals surface area contributed by atoms with Crippen molar-refractivity contribution >= 4 is 29.0 Å². The maximum absolute atomic E-state index is 12.5. The van der Waals surface area contributed by atoms with E-state index in [1.165, 1.54) is 0 Å². The zero-order chi connectivity index (χ0) is 18.1. The highest BCUT2D eigenvalue weighted by Gasteiger charge is 2.38. The third-order valence-corrected chi connectivity index (χ3v) is 4.81. The summed E-state index contributed by atoms with van der Waals surface area (Å²) in [5.41, 5.74) is 7.19. The average molecular weight is 379 g/mol. The van der Waals surface area contributed by atoms with Gasteiger partial charge in [-0.1, -0.05) is 23.2 Å². The SMILES string of the molecule is CCOc1c(Cl)cc(C2C(C#N)=C(N)OC3=C2C(=O)CCC3)cc1Cl. The molecule has 0 saturated heterocycles. The van der Waals surface area contributed by atoms with Gasteiger partial charge in [0.1, 0.15) is 17.4 Å². The monoisotopic (exact) mass is 378 g/mol. The van der Waals surface area contributed by atoms with Crippen molar-refractivity contribution in [3.63, 3.8) is 0 Å². The van der Waals surface area contributed by atoms with Crippen LogP contribution in [0.15, 0.2) is 34.9 Å². The van der Waals surface area contributed by atoms with Crippen LogP contribution in [-0.2, 0) is 9.53 Å². The van der Waals surface area contributed by atoms with Gasteiger partial charge in [-0.25, -0.2) is 0 Å². The topological polar surface area (TPSA) is 85.3 Å². The van der Waals surface area contributed by atoms with Gasteiger partial charge < -0.3 is 15.2 Å². The number of nitrogens with two attached hydrogens (primary N) is 1. The van der Waals surface area contributed by atoms with Crippen molar-refractivity contribution in [1.82, 2.24) is 0 Å². The van der Waals surface area contributed by atoms with Crippen LogP contribution in [0.25, 0.3) is 0 Å². The summed E-state index contributed by atoms with van der Waals surface area (Å²) < 4.78 is 11.0. The van der Waals surface area contributed by atoms with Crippen molar-refractivity contribution in [2.45, 2.75) is 32.1 Å². The third kappa shape index (κ3) is 3.08. The Balaban J connectivity index is 2.18. The number of ether oxygens (including phenoxy) is 2. The average Bonchev–Trinajstić information content (AvgIpc) is 2.57. The molecule has 1 atom stereocenters. The van der Waals surface area contributed by atoms with E-state index >= 15 is 0 Å². The van der Waals surface area contributed by atoms with Gasteiger partial charge >= 0.3 is 0 Å². The van der Waals surface area contributed by atoms with Crippen LogP contribution in [0.5, 0.6) is 5.75 Å². The van der Waals surface area contributed by atoms with Crippen molar-refractivity contribution in [2.24, 2.45) is 5.73 Å². The minimum absolute atomic E-state index is 0.0158. The van der Waals surface area contributed by atoms with Crippen LogP contribution in [0.1, 0.15) is 37.7 Å². The lowest BCUT2D eigenvalue weighted by Gasteiger charge is -2.31. The van der Waals surface area contributed by atoms with Crippen LogP contribution >= 0.6 is 23.2 Å². The molecule has 0 spiro atoms. The maximum Gasteiger partial charge on any atom is 0.205 e. The quantitative estimate of drug-likeness (QED) is 0.851. The number of carbonyl (C=O) groups excluding carboxylic acids is 1. The molecule has 25 heavy (non-hydrogen) atoms. The second-order valence-electron chi connectivity index (χ2n) is 5.79. The first kappa shape index (κ1) is 17.7. The van der Waals surface area contributed by atoms with Crippen molar-refractivity contribution in [3.8, 4) is 11.8 Å². The van der Waals surface area contributed by atoms with Gasteiger partial charge in [0.15, 0.2) is 11.5 Å². The van der Waals surface area contributed by atoms with Gasteiger partial charge in [-0.05, 0) is 31.0 Å². The summed E-state index contributed by atoms with van der Waals surface area (Å²) in [6, 6.07) is 5.38. The summed E-state index contributed by atoms with van der Waals surface area (Å²) in [6.07, 6.45) is 1.72. The normalized spacial score (nSPS) is 20.1. The molecular weight excluding hydrogens is 363 g/mol. The van der Waals surface area contributed by atoms with Crippen molar-refractivity contribution in [2.75, 3.05) is 6.61 Å². The van der Waals surface area contributed by atoms with Crippen LogP contribution in [0, 0.1) is 11.3 Å². The van der Waals surface area contributed by atoms with E-state index in [1.807, 2.05) is 6.92 Å². The van der Waals surface area contributed by atoms with Crippen LogP contribution in [0.2, 0.25) is 10.0 Å². The number of rotatable bonds is 3. The van der Waals surface area contributed by atoms with Gasteiger partial charge in [-0.2, -0.15) is 5.26 Å². The molecule has 0 radical (unpaired) electrons. The zero-order valence-corrected chi connectivity index (χ0v) is 15.1. The van der Waals surface area contributed by atoms with E-state index in [2.05, 4.69) is 6.07 Å². The molecule has 130 valence electrons. The van der Waals surface area contributed by atoms with E-state index < -0.39 is 5.92 Å². The lowest BCUT2D eigenvalue weighted by Crippen LogP contribution is -2.27. The summed E-state index contributed by atoms with van der Waals surface area (Å²) in [5.74, 6) is 0.238. The molecule has 2 aliphatic rings. The number of benzene rings is 1. The van der Waals surface area contributed by atoms with Gasteiger partial charge in [0.25, 0.3) is 0 Å². The summed E-state index contributed by atoms with van der Waals surface area (Å²) >= 11 is 12.6. The maximum atomic E-state index is 12.5. The number of hydrogen-bond donors (Lipinski definition) is 1. The highest BCUT2D eigenvalue weighted by molar-refractivity contribution is 6.37. The molecule has 5 nitrogen and oxygen atoms in total. The van der Waals surface area contributed by atoms with Crippen molar-refractivity contribution in [1.29, 1.82) is 5.26 Å². The Hall–Kier alpha value is -2.16. The van der Waals surface area contributed by atoms with E-state index in [4.69, 9.17) is 38.4 Å². The van der Waals surface area contributed by atoms with Crippen LogP contribution in [0.3, 0.4) is 0 Å². The number of hydrogen-bond acceptors (Lipinski definition) is 5. The molecule has 1 aliphatic heterocycles. The zero-order valence-electron chi connectivity index (χ0n) is 13.6. The molecule has 1 unspecified atom stereocenters. The first-order valence-corrected chi connectivity index (χ1v) is 8.69. The lowest BCUT2D eigenvalue weighted by molar-refractivity contribution is -0.116. The Morgan fingerprint density at radius 2 is 2.04 bits per heavy atom. The highest BCUT2D eigenvalue weighted by Crippen LogP contribution is 2.46. The Morgan fingerprint density at radius 3 is 2.64 bits per heavy atom. The number of halogens is 2. The number of nitriles is 1. The molecule has 0 amide bonds. The molecule has 0 aromatic heterocycles. The molecule has 2 N–H and O–H groups in total.